The van der Waals surface area contributed by atoms with Gasteiger partial charge in [0, 0.05) is 11.7 Å². The molecule has 0 amide bonds. The minimum absolute atomic E-state index is 0.167. The zero-order chi connectivity index (χ0) is 13.3. The fourth-order valence-corrected chi connectivity index (χ4v) is 1.39. The molecule has 0 bridgehead atoms. The van der Waals surface area contributed by atoms with Crippen LogP contribution < -0.4 is 5.32 Å². The Labute approximate surface area is 98.5 Å². The quantitative estimate of drug-likeness (QED) is 0.859. The van der Waals surface area contributed by atoms with E-state index in [4.69, 9.17) is 0 Å². The fraction of sp³-hybridized carbons (Fsp3) is 0.500. The maximum Gasteiger partial charge on any atom is 0.421 e. The summed E-state index contributed by atoms with van der Waals surface area (Å²) in [7, 11) is 0. The zero-order valence-electron chi connectivity index (χ0n) is 9.97. The van der Waals surface area contributed by atoms with Crippen molar-refractivity contribution in [2.75, 3.05) is 5.32 Å². The standard InChI is InChI=1S/C12H16F3NO/c1-8(2)16-10-6-4-9(5-7-10)11(3,17)12(13,14)15/h4-8,16-17H,1-3H3. The van der Waals surface area contributed by atoms with E-state index in [0.717, 1.165) is 12.6 Å². The Morgan fingerprint density at radius 2 is 1.59 bits per heavy atom. The number of hydrogen-bond donors (Lipinski definition) is 2. The molecule has 2 N–H and O–H groups in total. The van der Waals surface area contributed by atoms with E-state index in [1.165, 1.54) is 24.3 Å². The highest BCUT2D eigenvalue weighted by atomic mass is 19.4. The summed E-state index contributed by atoms with van der Waals surface area (Å²) in [5.41, 5.74) is -2.26. The van der Waals surface area contributed by atoms with E-state index in [1.54, 1.807) is 0 Å². The lowest BCUT2D eigenvalue weighted by Gasteiger charge is -2.26. The average Bonchev–Trinajstić information content (AvgIpc) is 2.15. The van der Waals surface area contributed by atoms with E-state index in [-0.39, 0.29) is 11.6 Å². The molecule has 0 aliphatic rings. The third kappa shape index (κ3) is 3.12. The van der Waals surface area contributed by atoms with Crippen molar-refractivity contribution in [1.29, 1.82) is 0 Å². The van der Waals surface area contributed by atoms with E-state index in [1.807, 2.05) is 13.8 Å². The van der Waals surface area contributed by atoms with E-state index < -0.39 is 11.8 Å². The molecule has 2 nitrogen and oxygen atoms in total. The summed E-state index contributed by atoms with van der Waals surface area (Å²) in [5, 5.41) is 12.5. The van der Waals surface area contributed by atoms with Crippen molar-refractivity contribution in [2.24, 2.45) is 0 Å². The lowest BCUT2D eigenvalue weighted by molar-refractivity contribution is -0.258. The first-order valence-electron chi connectivity index (χ1n) is 5.31. The van der Waals surface area contributed by atoms with Gasteiger partial charge < -0.3 is 10.4 Å². The van der Waals surface area contributed by atoms with Crippen molar-refractivity contribution in [2.45, 2.75) is 38.6 Å². The number of aliphatic hydroxyl groups is 1. The SMILES string of the molecule is CC(C)Nc1ccc(C(C)(O)C(F)(F)F)cc1. The molecule has 96 valence electrons. The summed E-state index contributed by atoms with van der Waals surface area (Å²) in [5.74, 6) is 0. The molecule has 1 aromatic carbocycles. The summed E-state index contributed by atoms with van der Waals surface area (Å²) in [4.78, 5) is 0. The van der Waals surface area contributed by atoms with E-state index in [9.17, 15) is 18.3 Å². The van der Waals surface area contributed by atoms with Crippen molar-refractivity contribution in [1.82, 2.24) is 0 Å². The Balaban J connectivity index is 2.95. The summed E-state index contributed by atoms with van der Waals surface area (Å²) in [6, 6.07) is 5.80. The molecule has 1 aromatic rings. The van der Waals surface area contributed by atoms with E-state index in [2.05, 4.69) is 5.32 Å². The maximum absolute atomic E-state index is 12.6. The molecule has 0 saturated carbocycles. The van der Waals surface area contributed by atoms with Crippen LogP contribution in [0, 0.1) is 0 Å². The molecule has 1 unspecified atom stereocenters. The van der Waals surface area contributed by atoms with Gasteiger partial charge in [-0.15, -0.1) is 0 Å². The van der Waals surface area contributed by atoms with Crippen LogP contribution in [0.5, 0.6) is 0 Å². The van der Waals surface area contributed by atoms with Gasteiger partial charge in [-0.3, -0.25) is 0 Å². The van der Waals surface area contributed by atoms with Crippen LogP contribution in [0.25, 0.3) is 0 Å². The largest absolute Gasteiger partial charge is 0.421 e. The molecule has 0 aromatic heterocycles. The minimum atomic E-state index is -4.68. The van der Waals surface area contributed by atoms with E-state index >= 15 is 0 Å². The summed E-state index contributed by atoms with van der Waals surface area (Å²) < 4.78 is 37.7. The number of alkyl halides is 3. The predicted molar refractivity (Wildman–Crippen MR) is 60.8 cm³/mol. The highest BCUT2D eigenvalue weighted by Crippen LogP contribution is 2.38. The van der Waals surface area contributed by atoms with Crippen LogP contribution in [0.2, 0.25) is 0 Å². The van der Waals surface area contributed by atoms with Crippen molar-refractivity contribution in [3.63, 3.8) is 0 Å². The number of anilines is 1. The first-order chi connectivity index (χ1) is 7.64. The topological polar surface area (TPSA) is 32.3 Å². The number of hydrogen-bond acceptors (Lipinski definition) is 2. The first-order valence-corrected chi connectivity index (χ1v) is 5.31. The van der Waals surface area contributed by atoms with Gasteiger partial charge in [-0.2, -0.15) is 13.2 Å². The van der Waals surface area contributed by atoms with Gasteiger partial charge >= 0.3 is 6.18 Å². The smallest absolute Gasteiger partial charge is 0.383 e. The molecule has 0 fully saturated rings. The minimum Gasteiger partial charge on any atom is -0.383 e. The normalized spacial score (nSPS) is 15.8. The highest BCUT2D eigenvalue weighted by molar-refractivity contribution is 5.46. The van der Waals surface area contributed by atoms with Crippen LogP contribution in [-0.2, 0) is 5.60 Å². The van der Waals surface area contributed by atoms with Crippen LogP contribution in [0.4, 0.5) is 18.9 Å². The van der Waals surface area contributed by atoms with Gasteiger partial charge in [0.05, 0.1) is 0 Å². The number of rotatable bonds is 3. The molecule has 5 heteroatoms. The molecule has 0 aliphatic heterocycles. The third-order valence-corrected chi connectivity index (χ3v) is 2.45. The molecule has 17 heavy (non-hydrogen) atoms. The Kier molecular flexibility index (Phi) is 3.71. The summed E-state index contributed by atoms with van der Waals surface area (Å²) in [6.45, 7) is 4.61. The van der Waals surface area contributed by atoms with Gasteiger partial charge in [0.2, 0.25) is 0 Å². The monoisotopic (exact) mass is 247 g/mol. The summed E-state index contributed by atoms with van der Waals surface area (Å²) in [6.07, 6.45) is -4.68. The molecule has 0 saturated heterocycles. The van der Waals surface area contributed by atoms with Gasteiger partial charge in [-0.1, -0.05) is 12.1 Å². The van der Waals surface area contributed by atoms with Crippen molar-refractivity contribution >= 4 is 5.69 Å². The van der Waals surface area contributed by atoms with Crippen LogP contribution in [0.1, 0.15) is 26.3 Å². The Hall–Kier alpha value is -1.23. The second-order valence-electron chi connectivity index (χ2n) is 4.45. The van der Waals surface area contributed by atoms with Gasteiger partial charge in [-0.25, -0.2) is 0 Å². The number of benzene rings is 1. The Morgan fingerprint density at radius 3 is 1.94 bits per heavy atom. The molecular weight excluding hydrogens is 231 g/mol. The predicted octanol–water partition coefficient (Wildman–Crippen LogP) is 3.28. The van der Waals surface area contributed by atoms with E-state index in [0.29, 0.717) is 0 Å². The van der Waals surface area contributed by atoms with Crippen LogP contribution >= 0.6 is 0 Å². The van der Waals surface area contributed by atoms with Gasteiger partial charge in [0.25, 0.3) is 0 Å². The Bertz CT molecular complexity index is 368. The lowest BCUT2D eigenvalue weighted by atomic mass is 9.95. The second-order valence-corrected chi connectivity index (χ2v) is 4.45. The Morgan fingerprint density at radius 1 is 1.12 bits per heavy atom. The van der Waals surface area contributed by atoms with Gasteiger partial charge in [0.1, 0.15) is 0 Å². The lowest BCUT2D eigenvalue weighted by Crippen LogP contribution is -2.39. The van der Waals surface area contributed by atoms with Crippen molar-refractivity contribution in [3.8, 4) is 0 Å². The molecule has 1 rings (SSSR count). The van der Waals surface area contributed by atoms with Gasteiger partial charge in [-0.05, 0) is 38.5 Å². The first kappa shape index (κ1) is 13.8. The highest BCUT2D eigenvalue weighted by Gasteiger charge is 2.51. The fourth-order valence-electron chi connectivity index (χ4n) is 1.39. The van der Waals surface area contributed by atoms with Crippen LogP contribution in [0.15, 0.2) is 24.3 Å². The molecule has 0 spiro atoms. The van der Waals surface area contributed by atoms with Gasteiger partial charge in [0.15, 0.2) is 5.60 Å². The van der Waals surface area contributed by atoms with Crippen molar-refractivity contribution < 1.29 is 18.3 Å². The second kappa shape index (κ2) is 4.56. The molecular formula is C12H16F3NO. The van der Waals surface area contributed by atoms with Crippen LogP contribution in [-0.4, -0.2) is 17.3 Å². The third-order valence-electron chi connectivity index (χ3n) is 2.45. The molecule has 1 atom stereocenters. The van der Waals surface area contributed by atoms with Crippen molar-refractivity contribution in [3.05, 3.63) is 29.8 Å². The zero-order valence-corrected chi connectivity index (χ0v) is 9.97. The molecule has 0 radical (unpaired) electrons. The average molecular weight is 247 g/mol. The summed E-state index contributed by atoms with van der Waals surface area (Å²) >= 11 is 0. The number of nitrogens with one attached hydrogen (secondary N) is 1. The maximum atomic E-state index is 12.6. The number of halogens is 3. The molecule has 0 aliphatic carbocycles. The van der Waals surface area contributed by atoms with Crippen LogP contribution in [0.3, 0.4) is 0 Å². The molecule has 0 heterocycles.